The second-order valence-electron chi connectivity index (χ2n) is 5.65. The Morgan fingerprint density at radius 1 is 1.15 bits per heavy atom. The van der Waals surface area contributed by atoms with Crippen molar-refractivity contribution in [2.75, 3.05) is 0 Å². The summed E-state index contributed by atoms with van der Waals surface area (Å²) < 4.78 is 5.37. The molecule has 2 aromatic rings. The van der Waals surface area contributed by atoms with Gasteiger partial charge < -0.3 is 9.63 Å². The zero-order valence-corrected chi connectivity index (χ0v) is 11.8. The number of phenols is 1. The SMILES string of the molecule is Cc1ccc(-c2nc(C3CCCCCC3)no2)cc1O. The summed E-state index contributed by atoms with van der Waals surface area (Å²) in [5, 5.41) is 13.9. The highest BCUT2D eigenvalue weighted by atomic mass is 16.5. The quantitative estimate of drug-likeness (QED) is 0.833. The number of phenolic OH excluding ortho intramolecular Hbond substituents is 1. The zero-order valence-electron chi connectivity index (χ0n) is 11.8. The average molecular weight is 272 g/mol. The molecule has 1 aliphatic rings. The fourth-order valence-electron chi connectivity index (χ4n) is 2.80. The lowest BCUT2D eigenvalue weighted by Crippen LogP contribution is -1.99. The third kappa shape index (κ3) is 2.69. The Kier molecular flexibility index (Phi) is 3.72. The third-order valence-electron chi connectivity index (χ3n) is 4.12. The van der Waals surface area contributed by atoms with Crippen LogP contribution in [0.25, 0.3) is 11.5 Å². The van der Waals surface area contributed by atoms with E-state index in [9.17, 15) is 5.11 Å². The lowest BCUT2D eigenvalue weighted by atomic mass is 10.00. The Labute approximate surface area is 118 Å². The van der Waals surface area contributed by atoms with Gasteiger partial charge in [-0.2, -0.15) is 4.98 Å². The van der Waals surface area contributed by atoms with Crippen molar-refractivity contribution in [3.63, 3.8) is 0 Å². The van der Waals surface area contributed by atoms with E-state index in [-0.39, 0.29) is 5.75 Å². The summed E-state index contributed by atoms with van der Waals surface area (Å²) in [6.07, 6.45) is 7.43. The molecule has 1 fully saturated rings. The zero-order chi connectivity index (χ0) is 13.9. The molecule has 1 saturated carbocycles. The molecule has 1 aliphatic carbocycles. The van der Waals surface area contributed by atoms with Crippen molar-refractivity contribution < 1.29 is 9.63 Å². The molecule has 20 heavy (non-hydrogen) atoms. The minimum Gasteiger partial charge on any atom is -0.508 e. The number of nitrogens with zero attached hydrogens (tertiary/aromatic N) is 2. The standard InChI is InChI=1S/C16H20N2O2/c1-11-8-9-13(10-14(11)19)16-17-15(18-20-16)12-6-4-2-3-5-7-12/h8-10,12,19H,2-7H2,1H3. The first kappa shape index (κ1) is 13.2. The van der Waals surface area contributed by atoms with E-state index >= 15 is 0 Å². The van der Waals surface area contributed by atoms with E-state index in [1.807, 2.05) is 19.1 Å². The molecule has 0 radical (unpaired) electrons. The molecule has 0 aliphatic heterocycles. The van der Waals surface area contributed by atoms with Crippen LogP contribution in [0.5, 0.6) is 5.75 Å². The van der Waals surface area contributed by atoms with Crippen LogP contribution in [-0.4, -0.2) is 15.2 Å². The van der Waals surface area contributed by atoms with E-state index in [1.54, 1.807) is 6.07 Å². The summed E-state index contributed by atoms with van der Waals surface area (Å²) in [6, 6.07) is 5.44. The molecule has 0 spiro atoms. The number of rotatable bonds is 2. The summed E-state index contributed by atoms with van der Waals surface area (Å²) in [6.45, 7) is 1.86. The number of aromatic nitrogens is 2. The molecule has 3 rings (SSSR count). The van der Waals surface area contributed by atoms with E-state index in [0.717, 1.165) is 29.8 Å². The first-order valence-corrected chi connectivity index (χ1v) is 7.37. The summed E-state index contributed by atoms with van der Waals surface area (Å²) >= 11 is 0. The predicted octanol–water partition coefficient (Wildman–Crippen LogP) is 4.19. The number of hydrogen-bond acceptors (Lipinski definition) is 4. The van der Waals surface area contributed by atoms with Gasteiger partial charge in [-0.1, -0.05) is 36.9 Å². The molecule has 106 valence electrons. The van der Waals surface area contributed by atoms with E-state index in [0.29, 0.717) is 11.8 Å². The van der Waals surface area contributed by atoms with Crippen molar-refractivity contribution in [3.05, 3.63) is 29.6 Å². The Hall–Kier alpha value is -1.84. The van der Waals surface area contributed by atoms with E-state index < -0.39 is 0 Å². The molecule has 0 bridgehead atoms. The van der Waals surface area contributed by atoms with Crippen molar-refractivity contribution in [2.45, 2.75) is 51.4 Å². The molecule has 4 nitrogen and oxygen atoms in total. The van der Waals surface area contributed by atoms with Crippen LogP contribution >= 0.6 is 0 Å². The second-order valence-corrected chi connectivity index (χ2v) is 5.65. The van der Waals surface area contributed by atoms with Crippen LogP contribution in [0.2, 0.25) is 0 Å². The summed E-state index contributed by atoms with van der Waals surface area (Å²) in [5.41, 5.74) is 1.62. The van der Waals surface area contributed by atoms with E-state index in [4.69, 9.17) is 4.52 Å². The summed E-state index contributed by atoms with van der Waals surface area (Å²) in [4.78, 5) is 4.53. The van der Waals surface area contributed by atoms with Crippen LogP contribution in [0.3, 0.4) is 0 Å². The van der Waals surface area contributed by atoms with Gasteiger partial charge in [0.05, 0.1) is 0 Å². The minimum absolute atomic E-state index is 0.261. The second kappa shape index (κ2) is 5.65. The van der Waals surface area contributed by atoms with Crippen molar-refractivity contribution in [2.24, 2.45) is 0 Å². The summed E-state index contributed by atoms with van der Waals surface area (Å²) in [7, 11) is 0. The highest BCUT2D eigenvalue weighted by Crippen LogP contribution is 2.32. The molecular weight excluding hydrogens is 252 g/mol. The van der Waals surface area contributed by atoms with Crippen LogP contribution < -0.4 is 0 Å². The molecule has 1 heterocycles. The number of hydrogen-bond donors (Lipinski definition) is 1. The molecule has 0 amide bonds. The van der Waals surface area contributed by atoms with E-state index in [2.05, 4.69) is 10.1 Å². The Bertz CT molecular complexity index is 584. The van der Waals surface area contributed by atoms with Gasteiger partial charge in [-0.3, -0.25) is 0 Å². The smallest absolute Gasteiger partial charge is 0.258 e. The number of aromatic hydroxyl groups is 1. The van der Waals surface area contributed by atoms with Gasteiger partial charge in [0.2, 0.25) is 0 Å². The van der Waals surface area contributed by atoms with Gasteiger partial charge in [-0.05, 0) is 37.5 Å². The number of aryl methyl sites for hydroxylation is 1. The lowest BCUT2D eigenvalue weighted by molar-refractivity contribution is 0.409. The highest BCUT2D eigenvalue weighted by molar-refractivity contribution is 5.57. The Morgan fingerprint density at radius 3 is 2.60 bits per heavy atom. The molecule has 4 heteroatoms. The van der Waals surface area contributed by atoms with Gasteiger partial charge in [0.15, 0.2) is 5.82 Å². The minimum atomic E-state index is 0.261. The van der Waals surface area contributed by atoms with Crippen LogP contribution in [0.1, 0.15) is 55.8 Å². The van der Waals surface area contributed by atoms with Gasteiger partial charge in [0.1, 0.15) is 5.75 Å². The normalized spacial score (nSPS) is 17.1. The van der Waals surface area contributed by atoms with Gasteiger partial charge in [0, 0.05) is 11.5 Å². The van der Waals surface area contributed by atoms with Gasteiger partial charge in [-0.15, -0.1) is 0 Å². The fourth-order valence-corrected chi connectivity index (χ4v) is 2.80. The maximum absolute atomic E-state index is 9.76. The highest BCUT2D eigenvalue weighted by Gasteiger charge is 2.20. The average Bonchev–Trinajstić information content (AvgIpc) is 2.78. The molecule has 0 atom stereocenters. The van der Waals surface area contributed by atoms with Crippen LogP contribution in [0, 0.1) is 6.92 Å². The molecule has 1 aromatic heterocycles. The van der Waals surface area contributed by atoms with Gasteiger partial charge in [-0.25, -0.2) is 0 Å². The lowest BCUT2D eigenvalue weighted by Gasteiger charge is -2.07. The maximum atomic E-state index is 9.76. The molecule has 1 N–H and O–H groups in total. The third-order valence-corrected chi connectivity index (χ3v) is 4.12. The predicted molar refractivity (Wildman–Crippen MR) is 76.6 cm³/mol. The Morgan fingerprint density at radius 2 is 1.90 bits per heavy atom. The number of benzene rings is 1. The largest absolute Gasteiger partial charge is 0.508 e. The maximum Gasteiger partial charge on any atom is 0.258 e. The van der Waals surface area contributed by atoms with Crippen LogP contribution in [0.4, 0.5) is 0 Å². The van der Waals surface area contributed by atoms with Crippen molar-refractivity contribution in [1.29, 1.82) is 0 Å². The van der Waals surface area contributed by atoms with Crippen molar-refractivity contribution >= 4 is 0 Å². The Balaban J connectivity index is 1.83. The monoisotopic (exact) mass is 272 g/mol. The molecular formula is C16H20N2O2. The van der Waals surface area contributed by atoms with Gasteiger partial charge >= 0.3 is 0 Å². The first-order chi connectivity index (χ1) is 9.74. The van der Waals surface area contributed by atoms with Crippen molar-refractivity contribution in [3.8, 4) is 17.2 Å². The fraction of sp³-hybridized carbons (Fsp3) is 0.500. The van der Waals surface area contributed by atoms with Gasteiger partial charge in [0.25, 0.3) is 5.89 Å². The van der Waals surface area contributed by atoms with Crippen LogP contribution in [0.15, 0.2) is 22.7 Å². The molecule has 1 aromatic carbocycles. The van der Waals surface area contributed by atoms with Crippen molar-refractivity contribution in [1.82, 2.24) is 10.1 Å². The molecule has 0 saturated heterocycles. The van der Waals surface area contributed by atoms with E-state index in [1.165, 1.54) is 25.7 Å². The first-order valence-electron chi connectivity index (χ1n) is 7.37. The topological polar surface area (TPSA) is 59.2 Å². The van der Waals surface area contributed by atoms with Crippen LogP contribution in [-0.2, 0) is 0 Å². The molecule has 0 unspecified atom stereocenters. The summed E-state index contributed by atoms with van der Waals surface area (Å²) in [5.74, 6) is 2.01.